The molecule has 0 saturated carbocycles. The van der Waals surface area contributed by atoms with Gasteiger partial charge in [0.2, 0.25) is 0 Å². The summed E-state index contributed by atoms with van der Waals surface area (Å²) in [5.41, 5.74) is -2.60. The van der Waals surface area contributed by atoms with Gasteiger partial charge in [0.05, 0.1) is 0 Å². The zero-order chi connectivity index (χ0) is 14.0. The molecule has 6 heteroatoms. The van der Waals surface area contributed by atoms with Gasteiger partial charge in [-0.2, -0.15) is 0 Å². The normalized spacial score (nSPS) is 11.1. The van der Waals surface area contributed by atoms with Gasteiger partial charge >= 0.3 is 5.97 Å². The summed E-state index contributed by atoms with van der Waals surface area (Å²) in [5.74, 6) is -7.21. The average molecular weight is 242 g/mol. The van der Waals surface area contributed by atoms with Crippen molar-refractivity contribution in [1.82, 2.24) is 0 Å². The molecule has 0 unspecified atom stereocenters. The Bertz CT molecular complexity index is 356. The van der Waals surface area contributed by atoms with E-state index in [2.05, 4.69) is 0 Å². The van der Waals surface area contributed by atoms with E-state index in [4.69, 9.17) is 5.11 Å². The molecule has 0 aliphatic carbocycles. The van der Waals surface area contributed by atoms with E-state index in [1.54, 1.807) is 0 Å². The van der Waals surface area contributed by atoms with Crippen LogP contribution in [0.5, 0.6) is 0 Å². The van der Waals surface area contributed by atoms with E-state index in [-0.39, 0.29) is 0 Å². The summed E-state index contributed by atoms with van der Waals surface area (Å²) in [6.07, 6.45) is 0. The van der Waals surface area contributed by atoms with Crippen molar-refractivity contribution in [2.24, 2.45) is 11.3 Å². The Morgan fingerprint density at radius 1 is 0.824 bits per heavy atom. The Labute approximate surface area is 98.0 Å². The highest BCUT2D eigenvalue weighted by Crippen LogP contribution is 2.32. The van der Waals surface area contributed by atoms with Gasteiger partial charge in [-0.15, -0.1) is 0 Å². The molecular formula is C11H14O6. The summed E-state index contributed by atoms with van der Waals surface area (Å²) in [7, 11) is 0. The smallest absolute Gasteiger partial charge is 0.326 e. The number of aliphatic carboxylic acids is 1. The maximum Gasteiger partial charge on any atom is 0.326 e. The summed E-state index contributed by atoms with van der Waals surface area (Å²) in [5, 5.41) is 9.09. The molecule has 0 spiro atoms. The molecule has 0 heterocycles. The van der Waals surface area contributed by atoms with Crippen LogP contribution in [0.3, 0.4) is 0 Å². The van der Waals surface area contributed by atoms with Crippen molar-refractivity contribution in [3.8, 4) is 0 Å². The van der Waals surface area contributed by atoms with Crippen LogP contribution in [-0.4, -0.2) is 34.2 Å². The lowest BCUT2D eigenvalue weighted by Gasteiger charge is -2.29. The Kier molecular flexibility index (Phi) is 4.44. The summed E-state index contributed by atoms with van der Waals surface area (Å²) in [6, 6.07) is 0. The first-order chi connectivity index (χ1) is 7.59. The van der Waals surface area contributed by atoms with Crippen LogP contribution < -0.4 is 0 Å². The van der Waals surface area contributed by atoms with E-state index in [1.165, 1.54) is 0 Å². The summed E-state index contributed by atoms with van der Waals surface area (Å²) in [6.45, 7) is 3.73. The van der Waals surface area contributed by atoms with Crippen molar-refractivity contribution in [3.63, 3.8) is 0 Å². The molecule has 0 radical (unpaired) electrons. The van der Waals surface area contributed by atoms with Crippen LogP contribution >= 0.6 is 0 Å². The second-order valence-electron chi connectivity index (χ2n) is 3.88. The number of hydrogen-bond donors (Lipinski definition) is 1. The number of hydrogen-bond acceptors (Lipinski definition) is 5. The van der Waals surface area contributed by atoms with E-state index in [0.29, 0.717) is 0 Å². The van der Waals surface area contributed by atoms with E-state index < -0.39 is 40.4 Å². The molecular weight excluding hydrogens is 228 g/mol. The highest BCUT2D eigenvalue weighted by Gasteiger charge is 2.58. The van der Waals surface area contributed by atoms with Gasteiger partial charge in [0.15, 0.2) is 17.0 Å². The lowest BCUT2D eigenvalue weighted by molar-refractivity contribution is -0.168. The molecule has 6 nitrogen and oxygen atoms in total. The number of carboxylic acid groups (broad SMARTS) is 1. The Morgan fingerprint density at radius 2 is 1.12 bits per heavy atom. The number of ketones is 4. The molecule has 1 N–H and O–H groups in total. The molecule has 0 saturated heterocycles. The Balaban J connectivity index is 6.17. The predicted molar refractivity (Wildman–Crippen MR) is 56.3 cm³/mol. The molecule has 0 aromatic carbocycles. The minimum Gasteiger partial charge on any atom is -0.480 e. The second-order valence-corrected chi connectivity index (χ2v) is 3.88. The molecule has 0 bridgehead atoms. The Hall–Kier alpha value is -1.85. The summed E-state index contributed by atoms with van der Waals surface area (Å²) in [4.78, 5) is 56.9. The third kappa shape index (κ3) is 2.30. The summed E-state index contributed by atoms with van der Waals surface area (Å²) >= 11 is 0. The molecule has 94 valence electrons. The zero-order valence-electron chi connectivity index (χ0n) is 10.1. The largest absolute Gasteiger partial charge is 0.480 e. The predicted octanol–water partition coefficient (Wildman–Crippen LogP) is 0.0296. The van der Waals surface area contributed by atoms with Gasteiger partial charge in [-0.25, -0.2) is 0 Å². The van der Waals surface area contributed by atoms with Gasteiger partial charge in [-0.05, 0) is 27.7 Å². The van der Waals surface area contributed by atoms with E-state index in [1.807, 2.05) is 0 Å². The minimum absolute atomic E-state index is 0.815. The number of Topliss-reactive ketones (excluding diaryl/α,β-unsaturated/α-hetero) is 4. The zero-order valence-corrected chi connectivity index (χ0v) is 10.1. The highest BCUT2D eigenvalue weighted by atomic mass is 16.4. The first-order valence-electron chi connectivity index (χ1n) is 4.86. The lowest BCUT2D eigenvalue weighted by Crippen LogP contribution is -2.54. The number of rotatable bonds is 6. The van der Waals surface area contributed by atoms with Crippen LogP contribution in [0.4, 0.5) is 0 Å². The maximum atomic E-state index is 11.5. The topological polar surface area (TPSA) is 106 Å². The SMILES string of the molecule is CC(=O)C(C(C)=O)C(C(C)=O)(C(C)=O)C(=O)O. The standard InChI is InChI=1S/C11H14O6/c1-5(12)9(6(2)13)11(7(3)14,8(4)15)10(16)17/h9H,1-4H3,(H,16,17). The van der Waals surface area contributed by atoms with E-state index in [9.17, 15) is 24.0 Å². The fourth-order valence-corrected chi connectivity index (χ4v) is 1.98. The Morgan fingerprint density at radius 3 is 1.18 bits per heavy atom. The second kappa shape index (κ2) is 4.99. The fourth-order valence-electron chi connectivity index (χ4n) is 1.98. The van der Waals surface area contributed by atoms with Crippen molar-refractivity contribution in [1.29, 1.82) is 0 Å². The molecule has 0 rings (SSSR count). The van der Waals surface area contributed by atoms with E-state index >= 15 is 0 Å². The molecule has 0 aliphatic rings. The molecule has 0 fully saturated rings. The molecule has 0 atom stereocenters. The minimum atomic E-state index is -2.60. The molecule has 0 aromatic heterocycles. The summed E-state index contributed by atoms with van der Waals surface area (Å²) < 4.78 is 0. The molecule has 0 aliphatic heterocycles. The van der Waals surface area contributed by atoms with Crippen molar-refractivity contribution in [2.45, 2.75) is 27.7 Å². The maximum absolute atomic E-state index is 11.5. The number of carbonyl (C=O) groups excluding carboxylic acids is 4. The van der Waals surface area contributed by atoms with Crippen LogP contribution in [0.2, 0.25) is 0 Å². The van der Waals surface area contributed by atoms with Gasteiger partial charge in [-0.1, -0.05) is 0 Å². The van der Waals surface area contributed by atoms with Crippen molar-refractivity contribution < 1.29 is 29.1 Å². The lowest BCUT2D eigenvalue weighted by atomic mass is 9.66. The van der Waals surface area contributed by atoms with Crippen LogP contribution in [0.1, 0.15) is 27.7 Å². The fraction of sp³-hybridized carbons (Fsp3) is 0.545. The third-order valence-corrected chi connectivity index (χ3v) is 2.69. The van der Waals surface area contributed by atoms with Gasteiger partial charge in [0.1, 0.15) is 17.5 Å². The van der Waals surface area contributed by atoms with Crippen LogP contribution in [-0.2, 0) is 24.0 Å². The third-order valence-electron chi connectivity index (χ3n) is 2.69. The van der Waals surface area contributed by atoms with Crippen molar-refractivity contribution in [3.05, 3.63) is 0 Å². The van der Waals surface area contributed by atoms with Gasteiger partial charge in [0.25, 0.3) is 0 Å². The van der Waals surface area contributed by atoms with Crippen LogP contribution in [0, 0.1) is 11.3 Å². The highest BCUT2D eigenvalue weighted by molar-refractivity contribution is 6.27. The van der Waals surface area contributed by atoms with Crippen LogP contribution in [0.15, 0.2) is 0 Å². The van der Waals surface area contributed by atoms with E-state index in [0.717, 1.165) is 27.7 Å². The molecule has 0 aromatic rings. The van der Waals surface area contributed by atoms with Crippen molar-refractivity contribution >= 4 is 29.1 Å². The van der Waals surface area contributed by atoms with Crippen molar-refractivity contribution in [2.75, 3.05) is 0 Å². The quantitative estimate of drug-likeness (QED) is 0.658. The van der Waals surface area contributed by atoms with Gasteiger partial charge in [0, 0.05) is 0 Å². The first-order valence-corrected chi connectivity index (χ1v) is 4.86. The van der Waals surface area contributed by atoms with Gasteiger partial charge in [-0.3, -0.25) is 24.0 Å². The average Bonchev–Trinajstić information content (AvgIpc) is 2.09. The molecule has 0 amide bonds. The number of carboxylic acids is 1. The first kappa shape index (κ1) is 15.2. The number of carbonyl (C=O) groups is 5. The van der Waals surface area contributed by atoms with Crippen LogP contribution in [0.25, 0.3) is 0 Å². The molecule has 17 heavy (non-hydrogen) atoms. The monoisotopic (exact) mass is 242 g/mol. The van der Waals surface area contributed by atoms with Gasteiger partial charge < -0.3 is 5.11 Å².